The molecule has 0 saturated heterocycles. The second-order valence-electron chi connectivity index (χ2n) is 3.06. The zero-order valence-corrected chi connectivity index (χ0v) is 9.75. The first-order chi connectivity index (χ1) is 7.88. The van der Waals surface area contributed by atoms with Crippen molar-refractivity contribution in [2.24, 2.45) is 0 Å². The Morgan fingerprint density at radius 3 is 3.06 bits per heavy atom. The van der Waals surface area contributed by atoms with Gasteiger partial charge < -0.3 is 15.1 Å². The summed E-state index contributed by atoms with van der Waals surface area (Å²) in [7, 11) is 0. The van der Waals surface area contributed by atoms with E-state index in [2.05, 4.69) is 25.8 Å². The molecule has 2 rings (SSSR count). The number of anilines is 1. The van der Waals surface area contributed by atoms with Crippen molar-refractivity contribution < 1.29 is 4.42 Å². The molecule has 16 heavy (non-hydrogen) atoms. The van der Waals surface area contributed by atoms with E-state index in [0.29, 0.717) is 25.0 Å². The van der Waals surface area contributed by atoms with Crippen molar-refractivity contribution in [3.05, 3.63) is 22.5 Å². The van der Waals surface area contributed by atoms with Crippen molar-refractivity contribution >= 4 is 17.4 Å². The van der Waals surface area contributed by atoms with Crippen LogP contribution in [0.5, 0.6) is 0 Å². The molecule has 0 aliphatic carbocycles. The zero-order valence-electron chi connectivity index (χ0n) is 8.93. The van der Waals surface area contributed by atoms with Gasteiger partial charge in [0.25, 0.3) is 0 Å². The Balaban J connectivity index is 1.83. The third-order valence-corrected chi connectivity index (χ3v) is 2.65. The minimum absolute atomic E-state index is 0.433. The van der Waals surface area contributed by atoms with E-state index in [1.54, 1.807) is 17.5 Å². The van der Waals surface area contributed by atoms with Gasteiger partial charge in [0.2, 0.25) is 5.89 Å². The van der Waals surface area contributed by atoms with Crippen LogP contribution < -0.4 is 10.6 Å². The molecule has 0 bridgehead atoms. The quantitative estimate of drug-likeness (QED) is 0.790. The lowest BCUT2D eigenvalue weighted by Gasteiger charge is -1.96. The highest BCUT2D eigenvalue weighted by atomic mass is 32.1. The normalized spacial score (nSPS) is 10.6. The Hall–Kier alpha value is -1.47. The molecule has 2 aromatic heterocycles. The monoisotopic (exact) mass is 239 g/mol. The van der Waals surface area contributed by atoms with Crippen molar-refractivity contribution in [3.8, 4) is 0 Å². The van der Waals surface area contributed by atoms with Gasteiger partial charge in [0.1, 0.15) is 5.01 Å². The van der Waals surface area contributed by atoms with Gasteiger partial charge >= 0.3 is 6.01 Å². The number of thiazole rings is 1. The Labute approximate surface area is 97.1 Å². The fourth-order valence-electron chi connectivity index (χ4n) is 1.12. The van der Waals surface area contributed by atoms with Gasteiger partial charge in [-0.15, -0.1) is 16.4 Å². The summed E-state index contributed by atoms with van der Waals surface area (Å²) in [6.07, 6.45) is 1.77. The maximum absolute atomic E-state index is 5.37. The first kappa shape index (κ1) is 11.0. The van der Waals surface area contributed by atoms with E-state index in [1.807, 2.05) is 12.3 Å². The molecule has 2 aromatic rings. The second kappa shape index (κ2) is 5.57. The van der Waals surface area contributed by atoms with Crippen LogP contribution in [0.2, 0.25) is 0 Å². The van der Waals surface area contributed by atoms with Gasteiger partial charge in [-0.2, -0.15) is 0 Å². The van der Waals surface area contributed by atoms with Gasteiger partial charge in [0.15, 0.2) is 0 Å². The number of hydrogen-bond acceptors (Lipinski definition) is 7. The summed E-state index contributed by atoms with van der Waals surface area (Å²) in [5.41, 5.74) is 0. The predicted molar refractivity (Wildman–Crippen MR) is 61.1 cm³/mol. The minimum Gasteiger partial charge on any atom is -0.407 e. The largest absolute Gasteiger partial charge is 0.407 e. The standard InChI is InChI=1S/C9H13N5OS/c1-2-10-5-7-13-14-9(15-7)12-6-8-11-3-4-16-8/h3-4,10H,2,5-6H2,1H3,(H,12,14). The maximum atomic E-state index is 5.37. The van der Waals surface area contributed by atoms with Gasteiger partial charge in [-0.3, -0.25) is 0 Å². The van der Waals surface area contributed by atoms with Crippen LogP contribution in [-0.2, 0) is 13.1 Å². The molecule has 0 aromatic carbocycles. The zero-order chi connectivity index (χ0) is 11.2. The van der Waals surface area contributed by atoms with E-state index in [-0.39, 0.29) is 0 Å². The van der Waals surface area contributed by atoms with E-state index in [4.69, 9.17) is 4.42 Å². The molecule has 7 heteroatoms. The molecular formula is C9H13N5OS. The van der Waals surface area contributed by atoms with Gasteiger partial charge in [-0.1, -0.05) is 12.0 Å². The molecule has 0 spiro atoms. The maximum Gasteiger partial charge on any atom is 0.315 e. The van der Waals surface area contributed by atoms with Crippen molar-refractivity contribution in [2.75, 3.05) is 11.9 Å². The first-order valence-corrected chi connectivity index (χ1v) is 5.91. The molecule has 0 amide bonds. The third-order valence-electron chi connectivity index (χ3n) is 1.87. The molecule has 0 unspecified atom stereocenters. The lowest BCUT2D eigenvalue weighted by atomic mass is 10.6. The van der Waals surface area contributed by atoms with E-state index < -0.39 is 0 Å². The molecule has 0 fully saturated rings. The Morgan fingerprint density at radius 2 is 2.31 bits per heavy atom. The highest BCUT2D eigenvalue weighted by Crippen LogP contribution is 2.09. The van der Waals surface area contributed by atoms with E-state index in [0.717, 1.165) is 11.6 Å². The topological polar surface area (TPSA) is 75.9 Å². The first-order valence-electron chi connectivity index (χ1n) is 5.04. The van der Waals surface area contributed by atoms with Gasteiger partial charge in [-0.25, -0.2) is 4.98 Å². The molecule has 0 atom stereocenters. The Morgan fingerprint density at radius 1 is 1.38 bits per heavy atom. The lowest BCUT2D eigenvalue weighted by molar-refractivity contribution is 0.481. The van der Waals surface area contributed by atoms with Crippen LogP contribution in [0.15, 0.2) is 16.0 Å². The van der Waals surface area contributed by atoms with Crippen LogP contribution in [0.4, 0.5) is 6.01 Å². The summed E-state index contributed by atoms with van der Waals surface area (Å²) in [5.74, 6) is 0.587. The highest BCUT2D eigenvalue weighted by Gasteiger charge is 2.05. The summed E-state index contributed by atoms with van der Waals surface area (Å²) in [5, 5.41) is 16.8. The van der Waals surface area contributed by atoms with E-state index in [9.17, 15) is 0 Å². The van der Waals surface area contributed by atoms with Crippen molar-refractivity contribution in [1.29, 1.82) is 0 Å². The average Bonchev–Trinajstić information content (AvgIpc) is 2.95. The predicted octanol–water partition coefficient (Wildman–Crippen LogP) is 1.25. The molecule has 2 N–H and O–H groups in total. The molecular weight excluding hydrogens is 226 g/mol. The molecule has 2 heterocycles. The summed E-state index contributed by atoms with van der Waals surface area (Å²) >= 11 is 1.59. The number of hydrogen-bond donors (Lipinski definition) is 2. The molecule has 86 valence electrons. The third kappa shape index (κ3) is 3.01. The van der Waals surface area contributed by atoms with Crippen molar-refractivity contribution in [3.63, 3.8) is 0 Å². The fourth-order valence-corrected chi connectivity index (χ4v) is 1.68. The van der Waals surface area contributed by atoms with Crippen LogP contribution >= 0.6 is 11.3 Å². The number of rotatable bonds is 6. The lowest BCUT2D eigenvalue weighted by Crippen LogP contribution is -2.11. The van der Waals surface area contributed by atoms with Crippen LogP contribution in [0, 0.1) is 0 Å². The smallest absolute Gasteiger partial charge is 0.315 e. The van der Waals surface area contributed by atoms with Crippen LogP contribution in [-0.4, -0.2) is 21.7 Å². The molecule has 6 nitrogen and oxygen atoms in total. The van der Waals surface area contributed by atoms with E-state index in [1.165, 1.54) is 0 Å². The van der Waals surface area contributed by atoms with Crippen LogP contribution in [0.1, 0.15) is 17.8 Å². The fraction of sp³-hybridized carbons (Fsp3) is 0.444. The van der Waals surface area contributed by atoms with Gasteiger partial charge in [0.05, 0.1) is 13.1 Å². The molecule has 0 aliphatic heterocycles. The number of aromatic nitrogens is 3. The van der Waals surface area contributed by atoms with Crippen molar-refractivity contribution in [1.82, 2.24) is 20.5 Å². The highest BCUT2D eigenvalue weighted by molar-refractivity contribution is 7.09. The van der Waals surface area contributed by atoms with Crippen LogP contribution in [0.3, 0.4) is 0 Å². The summed E-state index contributed by atoms with van der Waals surface area (Å²) in [4.78, 5) is 4.14. The Kier molecular flexibility index (Phi) is 3.84. The Bertz CT molecular complexity index is 413. The van der Waals surface area contributed by atoms with Crippen LogP contribution in [0.25, 0.3) is 0 Å². The second-order valence-corrected chi connectivity index (χ2v) is 4.04. The number of nitrogens with zero attached hydrogens (tertiary/aromatic N) is 3. The molecule has 0 aliphatic rings. The van der Waals surface area contributed by atoms with Crippen molar-refractivity contribution in [2.45, 2.75) is 20.0 Å². The summed E-state index contributed by atoms with van der Waals surface area (Å²) < 4.78 is 5.37. The van der Waals surface area contributed by atoms with E-state index >= 15 is 0 Å². The summed E-state index contributed by atoms with van der Waals surface area (Å²) in [6, 6.07) is 0.433. The van der Waals surface area contributed by atoms with Gasteiger partial charge in [-0.05, 0) is 6.54 Å². The molecule has 0 radical (unpaired) electrons. The summed E-state index contributed by atoms with van der Waals surface area (Å²) in [6.45, 7) is 4.12. The van der Waals surface area contributed by atoms with Gasteiger partial charge in [0, 0.05) is 11.6 Å². The molecule has 0 saturated carbocycles. The SMILES string of the molecule is CCNCc1nnc(NCc2nccs2)o1. The number of nitrogens with one attached hydrogen (secondary N) is 2. The average molecular weight is 239 g/mol. The minimum atomic E-state index is 0.433.